The number of amides is 1. The van der Waals surface area contributed by atoms with Crippen LogP contribution in [0.5, 0.6) is 0 Å². The molecule has 0 heterocycles. The van der Waals surface area contributed by atoms with Crippen LogP contribution in [0.25, 0.3) is 0 Å². The Labute approximate surface area is 94.8 Å². The van der Waals surface area contributed by atoms with Crippen molar-refractivity contribution in [2.45, 2.75) is 20.5 Å². The molecule has 0 saturated carbocycles. The molecule has 4 nitrogen and oxygen atoms in total. The molecule has 0 saturated heterocycles. The number of hydrogen-bond donors (Lipinski definition) is 1. The number of methoxy groups -OCH3 is 1. The highest BCUT2D eigenvalue weighted by molar-refractivity contribution is 5.91. The van der Waals surface area contributed by atoms with Gasteiger partial charge >= 0.3 is 0 Å². The van der Waals surface area contributed by atoms with Gasteiger partial charge in [-0.25, -0.2) is 0 Å². The summed E-state index contributed by atoms with van der Waals surface area (Å²) in [6, 6.07) is 5.60. The Bertz CT molecular complexity index is 447. The lowest BCUT2D eigenvalue weighted by Gasteiger charge is -2.13. The molecule has 0 bridgehead atoms. The van der Waals surface area contributed by atoms with Crippen molar-refractivity contribution in [3.63, 3.8) is 0 Å². The zero-order valence-corrected chi connectivity index (χ0v) is 9.63. The molecule has 1 amide bonds. The van der Waals surface area contributed by atoms with Crippen LogP contribution in [0.4, 0.5) is 5.69 Å². The second-order valence-corrected chi connectivity index (χ2v) is 3.51. The van der Waals surface area contributed by atoms with Crippen molar-refractivity contribution in [3.05, 3.63) is 28.8 Å². The Kier molecular flexibility index (Phi) is 4.03. The Morgan fingerprint density at radius 2 is 2.25 bits per heavy atom. The molecule has 0 radical (unpaired) electrons. The molecule has 0 unspecified atom stereocenters. The van der Waals surface area contributed by atoms with Crippen molar-refractivity contribution in [2.24, 2.45) is 0 Å². The van der Waals surface area contributed by atoms with Crippen LogP contribution in [0, 0.1) is 18.3 Å². The number of ether oxygens (including phenoxy) is 1. The van der Waals surface area contributed by atoms with E-state index in [1.807, 2.05) is 13.0 Å². The summed E-state index contributed by atoms with van der Waals surface area (Å²) in [5, 5.41) is 11.6. The summed E-state index contributed by atoms with van der Waals surface area (Å²) in [7, 11) is 1.58. The monoisotopic (exact) mass is 218 g/mol. The second kappa shape index (κ2) is 5.29. The molecule has 0 aromatic heterocycles. The molecule has 0 aliphatic carbocycles. The van der Waals surface area contributed by atoms with E-state index in [1.165, 1.54) is 6.92 Å². The number of carbonyl (C=O) groups is 1. The largest absolute Gasteiger partial charge is 0.380 e. The molecule has 0 aliphatic heterocycles. The van der Waals surface area contributed by atoms with E-state index in [2.05, 4.69) is 11.4 Å². The van der Waals surface area contributed by atoms with Crippen LogP contribution in [0.1, 0.15) is 23.6 Å². The molecular formula is C12H14N2O2. The first kappa shape index (κ1) is 12.2. The van der Waals surface area contributed by atoms with Crippen LogP contribution in [0.2, 0.25) is 0 Å². The standard InChI is InChI=1S/C12H14N2O2/c1-8-4-5-10(6-13)12(14-9(2)15)11(8)7-16-3/h4-5H,7H2,1-3H3,(H,14,15). The minimum atomic E-state index is -0.195. The molecule has 0 fully saturated rings. The fourth-order valence-electron chi connectivity index (χ4n) is 1.49. The van der Waals surface area contributed by atoms with Crippen LogP contribution in [0.15, 0.2) is 12.1 Å². The SMILES string of the molecule is COCc1c(C)ccc(C#N)c1NC(C)=O. The predicted molar refractivity (Wildman–Crippen MR) is 60.9 cm³/mol. The van der Waals surface area contributed by atoms with Gasteiger partial charge in [-0.2, -0.15) is 5.26 Å². The quantitative estimate of drug-likeness (QED) is 0.843. The third-order valence-corrected chi connectivity index (χ3v) is 2.26. The van der Waals surface area contributed by atoms with Crippen molar-refractivity contribution in [1.29, 1.82) is 5.26 Å². The van der Waals surface area contributed by atoms with Gasteiger partial charge in [0.05, 0.1) is 17.9 Å². The molecule has 0 aliphatic rings. The fourth-order valence-corrected chi connectivity index (χ4v) is 1.49. The average molecular weight is 218 g/mol. The maximum atomic E-state index is 11.1. The van der Waals surface area contributed by atoms with Crippen LogP contribution >= 0.6 is 0 Å². The maximum absolute atomic E-state index is 11.1. The molecule has 1 N–H and O–H groups in total. The van der Waals surface area contributed by atoms with Gasteiger partial charge in [-0.3, -0.25) is 4.79 Å². The first-order valence-corrected chi connectivity index (χ1v) is 4.89. The van der Waals surface area contributed by atoms with E-state index in [4.69, 9.17) is 10.00 Å². The number of benzene rings is 1. The third kappa shape index (κ3) is 2.59. The number of carbonyl (C=O) groups excluding carboxylic acids is 1. The number of hydrogen-bond acceptors (Lipinski definition) is 3. The van der Waals surface area contributed by atoms with Crippen LogP contribution < -0.4 is 5.32 Å². The van der Waals surface area contributed by atoms with Crippen molar-refractivity contribution < 1.29 is 9.53 Å². The minimum absolute atomic E-state index is 0.195. The topological polar surface area (TPSA) is 62.1 Å². The van der Waals surface area contributed by atoms with Gasteiger partial charge in [0.15, 0.2) is 0 Å². The van der Waals surface area contributed by atoms with E-state index >= 15 is 0 Å². The van der Waals surface area contributed by atoms with E-state index in [-0.39, 0.29) is 5.91 Å². The van der Waals surface area contributed by atoms with E-state index in [9.17, 15) is 4.79 Å². The lowest BCUT2D eigenvalue weighted by molar-refractivity contribution is -0.114. The lowest BCUT2D eigenvalue weighted by Crippen LogP contribution is -2.11. The first-order chi connectivity index (χ1) is 7.60. The number of anilines is 1. The molecule has 1 rings (SSSR count). The zero-order chi connectivity index (χ0) is 12.1. The normalized spacial score (nSPS) is 9.62. The second-order valence-electron chi connectivity index (χ2n) is 3.51. The number of rotatable bonds is 3. The summed E-state index contributed by atoms with van der Waals surface area (Å²) in [5.41, 5.74) is 2.84. The summed E-state index contributed by atoms with van der Waals surface area (Å²) in [6.45, 7) is 3.71. The third-order valence-electron chi connectivity index (χ3n) is 2.26. The van der Waals surface area contributed by atoms with E-state index in [0.717, 1.165) is 11.1 Å². The summed E-state index contributed by atoms with van der Waals surface area (Å²) in [5.74, 6) is -0.195. The Morgan fingerprint density at radius 1 is 1.56 bits per heavy atom. The summed E-state index contributed by atoms with van der Waals surface area (Å²) in [4.78, 5) is 11.1. The zero-order valence-electron chi connectivity index (χ0n) is 9.63. The highest BCUT2D eigenvalue weighted by Gasteiger charge is 2.12. The first-order valence-electron chi connectivity index (χ1n) is 4.89. The predicted octanol–water partition coefficient (Wildman–Crippen LogP) is 1.97. The van der Waals surface area contributed by atoms with Gasteiger partial charge in [0.1, 0.15) is 6.07 Å². The molecule has 1 aromatic rings. The van der Waals surface area contributed by atoms with Crippen molar-refractivity contribution in [2.75, 3.05) is 12.4 Å². The summed E-state index contributed by atoms with van der Waals surface area (Å²) < 4.78 is 5.07. The molecular weight excluding hydrogens is 204 g/mol. The highest BCUT2D eigenvalue weighted by Crippen LogP contribution is 2.25. The van der Waals surface area contributed by atoms with Crippen molar-refractivity contribution in [1.82, 2.24) is 0 Å². The van der Waals surface area contributed by atoms with E-state index < -0.39 is 0 Å². The van der Waals surface area contributed by atoms with E-state index in [0.29, 0.717) is 17.9 Å². The van der Waals surface area contributed by atoms with Gasteiger partial charge in [0, 0.05) is 19.6 Å². The highest BCUT2D eigenvalue weighted by atomic mass is 16.5. The summed E-state index contributed by atoms with van der Waals surface area (Å²) >= 11 is 0. The van der Waals surface area contributed by atoms with E-state index in [1.54, 1.807) is 13.2 Å². The Hall–Kier alpha value is -1.86. The Morgan fingerprint density at radius 3 is 2.75 bits per heavy atom. The number of nitriles is 1. The van der Waals surface area contributed by atoms with Gasteiger partial charge in [-0.05, 0) is 18.6 Å². The van der Waals surface area contributed by atoms with Gasteiger partial charge in [0.2, 0.25) is 5.91 Å². The van der Waals surface area contributed by atoms with Gasteiger partial charge in [0.25, 0.3) is 0 Å². The van der Waals surface area contributed by atoms with Crippen LogP contribution in [-0.4, -0.2) is 13.0 Å². The van der Waals surface area contributed by atoms with Crippen molar-refractivity contribution >= 4 is 11.6 Å². The molecule has 4 heteroatoms. The maximum Gasteiger partial charge on any atom is 0.221 e. The van der Waals surface area contributed by atoms with Crippen molar-refractivity contribution in [3.8, 4) is 6.07 Å². The molecule has 0 atom stereocenters. The number of nitrogens with zero attached hydrogens (tertiary/aromatic N) is 1. The van der Waals surface area contributed by atoms with Gasteiger partial charge < -0.3 is 10.1 Å². The molecule has 84 valence electrons. The van der Waals surface area contributed by atoms with Crippen LogP contribution in [-0.2, 0) is 16.1 Å². The fraction of sp³-hybridized carbons (Fsp3) is 0.333. The lowest BCUT2D eigenvalue weighted by atomic mass is 10.0. The minimum Gasteiger partial charge on any atom is -0.380 e. The van der Waals surface area contributed by atoms with Gasteiger partial charge in [-0.1, -0.05) is 6.07 Å². The van der Waals surface area contributed by atoms with Crippen LogP contribution in [0.3, 0.4) is 0 Å². The summed E-state index contributed by atoms with van der Waals surface area (Å²) in [6.07, 6.45) is 0. The molecule has 0 spiro atoms. The molecule has 16 heavy (non-hydrogen) atoms. The molecule has 1 aromatic carbocycles. The number of aryl methyl sites for hydroxylation is 1. The Balaban J connectivity index is 3.31. The van der Waals surface area contributed by atoms with Gasteiger partial charge in [-0.15, -0.1) is 0 Å². The average Bonchev–Trinajstić information content (AvgIpc) is 2.23. The number of nitrogens with one attached hydrogen (secondary N) is 1. The smallest absolute Gasteiger partial charge is 0.221 e.